The van der Waals surface area contributed by atoms with E-state index in [1.54, 1.807) is 0 Å². The third-order valence-corrected chi connectivity index (χ3v) is 7.85. The Balaban J connectivity index is 1.24. The maximum Gasteiger partial charge on any atom is 0.128 e. The zero-order valence-corrected chi connectivity index (χ0v) is 23.6. The molecule has 0 N–H and O–H groups in total. The smallest absolute Gasteiger partial charge is 0.128 e. The summed E-state index contributed by atoms with van der Waals surface area (Å²) in [6.45, 7) is 3.07. The fraction of sp³-hybridized carbons (Fsp3) is 0.0789. The zero-order chi connectivity index (χ0) is 28.3. The molecule has 0 aliphatic carbocycles. The SMILES string of the molecule is Cc1cc(N(c2ccccc2)c2ccc(N(c3ccccc3)c3ccccc3)cc2)ccc1C1CN2C=CC=CC2=N1. The van der Waals surface area contributed by atoms with Gasteiger partial charge in [-0.2, -0.15) is 0 Å². The summed E-state index contributed by atoms with van der Waals surface area (Å²) in [5.74, 6) is 1.04. The minimum absolute atomic E-state index is 0.132. The van der Waals surface area contributed by atoms with Crippen LogP contribution in [0.25, 0.3) is 0 Å². The van der Waals surface area contributed by atoms with E-state index < -0.39 is 0 Å². The van der Waals surface area contributed by atoms with Gasteiger partial charge >= 0.3 is 0 Å². The second-order valence-corrected chi connectivity index (χ2v) is 10.6. The minimum atomic E-state index is 0.132. The molecule has 5 aromatic rings. The number of hydrogen-bond acceptors (Lipinski definition) is 4. The number of para-hydroxylation sites is 3. The predicted octanol–water partition coefficient (Wildman–Crippen LogP) is 9.77. The van der Waals surface area contributed by atoms with Crippen LogP contribution in [0, 0.1) is 6.92 Å². The summed E-state index contributed by atoms with van der Waals surface area (Å²) >= 11 is 0. The Morgan fingerprint density at radius 1 is 0.571 bits per heavy atom. The molecule has 7 rings (SSSR count). The summed E-state index contributed by atoms with van der Waals surface area (Å²) in [4.78, 5) is 11.8. The summed E-state index contributed by atoms with van der Waals surface area (Å²) < 4.78 is 0. The van der Waals surface area contributed by atoms with E-state index in [2.05, 4.69) is 180 Å². The first-order valence-electron chi connectivity index (χ1n) is 14.4. The molecule has 2 aliphatic rings. The normalized spacial score (nSPS) is 15.3. The van der Waals surface area contributed by atoms with Gasteiger partial charge in [0.05, 0.1) is 12.6 Å². The molecule has 4 heteroatoms. The Labute approximate surface area is 247 Å². The highest BCUT2D eigenvalue weighted by Gasteiger charge is 2.26. The van der Waals surface area contributed by atoms with Gasteiger partial charge in [-0.1, -0.05) is 66.7 Å². The molecule has 0 fully saturated rings. The number of amidine groups is 1. The van der Waals surface area contributed by atoms with Crippen molar-refractivity contribution in [3.8, 4) is 0 Å². The number of rotatable bonds is 7. The van der Waals surface area contributed by atoms with Crippen LogP contribution in [0.2, 0.25) is 0 Å². The van der Waals surface area contributed by atoms with E-state index in [0.29, 0.717) is 0 Å². The molecule has 1 unspecified atom stereocenters. The Bertz CT molecular complexity index is 1720. The summed E-state index contributed by atoms with van der Waals surface area (Å²) in [7, 11) is 0. The van der Waals surface area contributed by atoms with Gasteiger partial charge in [-0.05, 0) is 103 Å². The van der Waals surface area contributed by atoms with E-state index in [1.165, 1.54) is 11.1 Å². The van der Waals surface area contributed by atoms with Crippen molar-refractivity contribution >= 4 is 40.0 Å². The van der Waals surface area contributed by atoms with Crippen molar-refractivity contribution in [3.05, 3.63) is 169 Å². The standard InChI is InChI=1S/C38H32N4/c1-29-27-35(24-25-36(29)37-28-40-26-12-11-19-38(40)39-37)42(32-17-9-4-10-18-32)34-22-20-33(21-23-34)41(30-13-5-2-6-14-30)31-15-7-3-8-16-31/h2-27,37H,28H2,1H3. The van der Waals surface area contributed by atoms with Gasteiger partial charge < -0.3 is 14.7 Å². The number of allylic oxidation sites excluding steroid dienone is 2. The van der Waals surface area contributed by atoms with Crippen LogP contribution in [0.4, 0.5) is 34.1 Å². The van der Waals surface area contributed by atoms with Gasteiger partial charge in [0.15, 0.2) is 0 Å². The summed E-state index contributed by atoms with van der Waals surface area (Å²) in [5, 5.41) is 0. The second-order valence-electron chi connectivity index (χ2n) is 10.6. The highest BCUT2D eigenvalue weighted by molar-refractivity contribution is 5.96. The molecule has 2 heterocycles. The molecule has 5 aromatic carbocycles. The first-order chi connectivity index (χ1) is 20.7. The molecule has 2 aliphatic heterocycles. The molecule has 4 nitrogen and oxygen atoms in total. The molecule has 0 aromatic heterocycles. The summed E-state index contributed by atoms with van der Waals surface area (Å²) in [6.07, 6.45) is 8.32. The molecule has 0 bridgehead atoms. The quantitative estimate of drug-likeness (QED) is 0.204. The fourth-order valence-electron chi connectivity index (χ4n) is 5.84. The van der Waals surface area contributed by atoms with E-state index in [0.717, 1.165) is 46.5 Å². The van der Waals surface area contributed by atoms with Crippen molar-refractivity contribution in [1.29, 1.82) is 0 Å². The van der Waals surface area contributed by atoms with Gasteiger partial charge in [0, 0.05) is 40.3 Å². The Morgan fingerprint density at radius 2 is 1.05 bits per heavy atom. The van der Waals surface area contributed by atoms with Crippen molar-refractivity contribution in [2.24, 2.45) is 4.99 Å². The number of fused-ring (bicyclic) bond motifs is 1. The molecule has 204 valence electrons. The number of aliphatic imine (C=N–C) groups is 1. The largest absolute Gasteiger partial charge is 0.331 e. The molecular weight excluding hydrogens is 512 g/mol. The second kappa shape index (κ2) is 11.3. The lowest BCUT2D eigenvalue weighted by atomic mass is 10.0. The van der Waals surface area contributed by atoms with Crippen LogP contribution in [0.15, 0.2) is 163 Å². The van der Waals surface area contributed by atoms with Crippen LogP contribution < -0.4 is 9.80 Å². The average Bonchev–Trinajstić information content (AvgIpc) is 3.48. The number of aryl methyl sites for hydroxylation is 1. The van der Waals surface area contributed by atoms with Crippen LogP contribution in [0.3, 0.4) is 0 Å². The van der Waals surface area contributed by atoms with Gasteiger partial charge in [0.2, 0.25) is 0 Å². The zero-order valence-electron chi connectivity index (χ0n) is 23.6. The monoisotopic (exact) mass is 544 g/mol. The lowest BCUT2D eigenvalue weighted by molar-refractivity contribution is 0.549. The van der Waals surface area contributed by atoms with E-state index >= 15 is 0 Å². The Kier molecular flexibility index (Phi) is 6.87. The third-order valence-electron chi connectivity index (χ3n) is 7.85. The summed E-state index contributed by atoms with van der Waals surface area (Å²) in [5.41, 5.74) is 9.22. The molecule has 0 amide bonds. The van der Waals surface area contributed by atoms with Crippen molar-refractivity contribution in [2.45, 2.75) is 13.0 Å². The van der Waals surface area contributed by atoms with Crippen LogP contribution in [-0.4, -0.2) is 17.3 Å². The topological polar surface area (TPSA) is 22.1 Å². The van der Waals surface area contributed by atoms with Crippen molar-refractivity contribution in [2.75, 3.05) is 16.3 Å². The fourth-order valence-corrected chi connectivity index (χ4v) is 5.84. The van der Waals surface area contributed by atoms with Crippen LogP contribution in [0.1, 0.15) is 17.2 Å². The predicted molar refractivity (Wildman–Crippen MR) is 176 cm³/mol. The molecule has 0 saturated carbocycles. The molecule has 0 spiro atoms. The number of benzene rings is 5. The Morgan fingerprint density at radius 3 is 1.55 bits per heavy atom. The first-order valence-corrected chi connectivity index (χ1v) is 14.4. The van der Waals surface area contributed by atoms with Crippen LogP contribution >= 0.6 is 0 Å². The average molecular weight is 545 g/mol. The molecule has 42 heavy (non-hydrogen) atoms. The number of nitrogens with zero attached hydrogens (tertiary/aromatic N) is 4. The molecule has 0 saturated heterocycles. The van der Waals surface area contributed by atoms with E-state index in [9.17, 15) is 0 Å². The minimum Gasteiger partial charge on any atom is -0.331 e. The van der Waals surface area contributed by atoms with Gasteiger partial charge in [-0.3, -0.25) is 4.99 Å². The maximum atomic E-state index is 4.99. The van der Waals surface area contributed by atoms with Crippen molar-refractivity contribution in [3.63, 3.8) is 0 Å². The van der Waals surface area contributed by atoms with Crippen LogP contribution in [-0.2, 0) is 0 Å². The lowest BCUT2D eigenvalue weighted by Gasteiger charge is -2.29. The van der Waals surface area contributed by atoms with E-state index in [4.69, 9.17) is 4.99 Å². The Hall–Kier alpha value is -5.35. The highest BCUT2D eigenvalue weighted by atomic mass is 15.2. The molecule has 0 radical (unpaired) electrons. The maximum absolute atomic E-state index is 4.99. The van der Waals surface area contributed by atoms with Crippen LogP contribution in [0.5, 0.6) is 0 Å². The van der Waals surface area contributed by atoms with Gasteiger partial charge in [0.1, 0.15) is 5.84 Å². The molecule has 1 atom stereocenters. The number of hydrogen-bond donors (Lipinski definition) is 0. The van der Waals surface area contributed by atoms with Gasteiger partial charge in [-0.15, -0.1) is 0 Å². The van der Waals surface area contributed by atoms with E-state index in [-0.39, 0.29) is 6.04 Å². The lowest BCUT2D eigenvalue weighted by Crippen LogP contribution is -2.22. The summed E-state index contributed by atoms with van der Waals surface area (Å²) in [6, 6.07) is 47.4. The van der Waals surface area contributed by atoms with Gasteiger partial charge in [0.25, 0.3) is 0 Å². The highest BCUT2D eigenvalue weighted by Crippen LogP contribution is 2.40. The van der Waals surface area contributed by atoms with Gasteiger partial charge in [-0.25, -0.2) is 0 Å². The van der Waals surface area contributed by atoms with E-state index in [1.807, 2.05) is 0 Å². The van der Waals surface area contributed by atoms with Crippen molar-refractivity contribution in [1.82, 2.24) is 4.90 Å². The first kappa shape index (κ1) is 25.6. The molecular formula is C38H32N4. The number of anilines is 6. The van der Waals surface area contributed by atoms with Crippen molar-refractivity contribution < 1.29 is 0 Å². The third kappa shape index (κ3) is 4.99.